The van der Waals surface area contributed by atoms with Gasteiger partial charge in [0, 0.05) is 29.7 Å². The van der Waals surface area contributed by atoms with E-state index in [-0.39, 0.29) is 16.9 Å². The summed E-state index contributed by atoms with van der Waals surface area (Å²) in [6.07, 6.45) is 9.13. The zero-order chi connectivity index (χ0) is 21.7. The van der Waals surface area contributed by atoms with Gasteiger partial charge in [-0.15, -0.1) is 0 Å². The summed E-state index contributed by atoms with van der Waals surface area (Å²) in [6.45, 7) is 0. The van der Waals surface area contributed by atoms with Crippen LogP contribution in [0, 0.1) is 11.6 Å². The van der Waals surface area contributed by atoms with Crippen LogP contribution in [0.4, 0.5) is 8.78 Å². The number of hydrogen-bond acceptors (Lipinski definition) is 6. The number of aromatic nitrogens is 8. The first-order valence-corrected chi connectivity index (χ1v) is 9.57. The van der Waals surface area contributed by atoms with Gasteiger partial charge in [0.2, 0.25) is 0 Å². The van der Waals surface area contributed by atoms with Crippen molar-refractivity contribution in [3.63, 3.8) is 0 Å². The van der Waals surface area contributed by atoms with Gasteiger partial charge in [-0.2, -0.15) is 5.10 Å². The molecular formula is C22H12F2N8. The van der Waals surface area contributed by atoms with Gasteiger partial charge in [0.25, 0.3) is 0 Å². The van der Waals surface area contributed by atoms with Crippen LogP contribution in [0.25, 0.3) is 55.8 Å². The highest BCUT2D eigenvalue weighted by Crippen LogP contribution is 2.33. The van der Waals surface area contributed by atoms with Gasteiger partial charge in [0.1, 0.15) is 23.5 Å². The molecule has 154 valence electrons. The monoisotopic (exact) mass is 426 g/mol. The molecule has 0 saturated heterocycles. The van der Waals surface area contributed by atoms with E-state index in [4.69, 9.17) is 0 Å². The second-order valence-electron chi connectivity index (χ2n) is 7.08. The number of nitrogens with zero attached hydrogens (tertiary/aromatic N) is 6. The van der Waals surface area contributed by atoms with Gasteiger partial charge in [-0.3, -0.25) is 15.1 Å². The minimum atomic E-state index is -0.557. The Balaban J connectivity index is 1.54. The molecule has 2 N–H and O–H groups in total. The van der Waals surface area contributed by atoms with Crippen molar-refractivity contribution in [3.8, 4) is 33.9 Å². The van der Waals surface area contributed by atoms with Gasteiger partial charge in [0.05, 0.1) is 34.3 Å². The van der Waals surface area contributed by atoms with Crippen molar-refractivity contribution in [2.75, 3.05) is 0 Å². The van der Waals surface area contributed by atoms with E-state index in [1.807, 2.05) is 0 Å². The summed E-state index contributed by atoms with van der Waals surface area (Å²) in [5.74, 6) is -0.523. The number of hydrogen-bond donors (Lipinski definition) is 2. The maximum Gasteiger partial charge on any atom is 0.161 e. The molecule has 0 radical (unpaired) electrons. The topological polar surface area (TPSA) is 109 Å². The zero-order valence-electron chi connectivity index (χ0n) is 16.2. The van der Waals surface area contributed by atoms with E-state index in [0.29, 0.717) is 39.2 Å². The Hall–Kier alpha value is -4.60. The molecule has 32 heavy (non-hydrogen) atoms. The summed E-state index contributed by atoms with van der Waals surface area (Å²) in [5, 5.41) is 7.32. The molecule has 6 aromatic rings. The van der Waals surface area contributed by atoms with Gasteiger partial charge < -0.3 is 4.98 Å². The van der Waals surface area contributed by atoms with Crippen LogP contribution in [0.3, 0.4) is 0 Å². The third-order valence-electron chi connectivity index (χ3n) is 5.15. The first-order chi connectivity index (χ1) is 15.7. The fourth-order valence-corrected chi connectivity index (χ4v) is 3.66. The lowest BCUT2D eigenvalue weighted by atomic mass is 10.1. The number of fused-ring (bicyclic) bond motifs is 2. The molecule has 0 aliphatic carbocycles. The van der Waals surface area contributed by atoms with Crippen LogP contribution in [0.15, 0.2) is 61.6 Å². The maximum absolute atomic E-state index is 15.5. The standard InChI is InChI=1S/C22H12F2N8/c23-13-3-1-11(2-4-13)14-7-25-8-16-20(14)30-22(29-16)21-17-15(31-32-21)9-28-19(18(17)24)12-5-26-10-27-6-12/h1-10H,(H,29,30)(H,31,32). The largest absolute Gasteiger partial charge is 0.335 e. The normalized spacial score (nSPS) is 11.4. The smallest absolute Gasteiger partial charge is 0.161 e. The summed E-state index contributed by atoms with van der Waals surface area (Å²) in [6, 6.07) is 6.06. The number of aromatic amines is 2. The van der Waals surface area contributed by atoms with Crippen molar-refractivity contribution < 1.29 is 8.78 Å². The number of halogens is 2. The van der Waals surface area contributed by atoms with E-state index in [0.717, 1.165) is 5.56 Å². The number of pyridine rings is 2. The Morgan fingerprint density at radius 1 is 0.750 bits per heavy atom. The van der Waals surface area contributed by atoms with E-state index >= 15 is 4.39 Å². The van der Waals surface area contributed by atoms with Crippen LogP contribution in [0.1, 0.15) is 0 Å². The van der Waals surface area contributed by atoms with Crippen LogP contribution >= 0.6 is 0 Å². The molecule has 10 heteroatoms. The average molecular weight is 426 g/mol. The second-order valence-corrected chi connectivity index (χ2v) is 7.08. The summed E-state index contributed by atoms with van der Waals surface area (Å²) in [7, 11) is 0. The Bertz CT molecular complexity index is 1590. The molecule has 0 amide bonds. The predicted molar refractivity (Wildman–Crippen MR) is 113 cm³/mol. The van der Waals surface area contributed by atoms with E-state index in [2.05, 4.69) is 40.1 Å². The third kappa shape index (κ3) is 2.81. The predicted octanol–water partition coefficient (Wildman–Crippen LogP) is 4.30. The fourth-order valence-electron chi connectivity index (χ4n) is 3.66. The molecular weight excluding hydrogens is 414 g/mol. The van der Waals surface area contributed by atoms with Crippen LogP contribution in [-0.4, -0.2) is 40.1 Å². The van der Waals surface area contributed by atoms with E-state index < -0.39 is 5.82 Å². The number of benzene rings is 1. The highest BCUT2D eigenvalue weighted by atomic mass is 19.1. The van der Waals surface area contributed by atoms with E-state index in [1.165, 1.54) is 37.1 Å². The van der Waals surface area contributed by atoms with Crippen molar-refractivity contribution in [3.05, 3.63) is 73.2 Å². The van der Waals surface area contributed by atoms with E-state index in [9.17, 15) is 4.39 Å². The Kier molecular flexibility index (Phi) is 3.97. The maximum atomic E-state index is 15.5. The minimum Gasteiger partial charge on any atom is -0.335 e. The Morgan fingerprint density at radius 3 is 2.38 bits per heavy atom. The molecule has 0 bridgehead atoms. The van der Waals surface area contributed by atoms with Gasteiger partial charge in [-0.05, 0) is 17.7 Å². The van der Waals surface area contributed by atoms with Crippen molar-refractivity contribution in [1.29, 1.82) is 0 Å². The molecule has 6 rings (SSSR count). The summed E-state index contributed by atoms with van der Waals surface area (Å²) >= 11 is 0. The van der Waals surface area contributed by atoms with Crippen LogP contribution < -0.4 is 0 Å². The third-order valence-corrected chi connectivity index (χ3v) is 5.15. The molecule has 8 nitrogen and oxygen atoms in total. The zero-order valence-corrected chi connectivity index (χ0v) is 16.2. The summed E-state index contributed by atoms with van der Waals surface area (Å²) in [4.78, 5) is 24.1. The molecule has 5 aromatic heterocycles. The number of imidazole rings is 1. The highest BCUT2D eigenvalue weighted by molar-refractivity contribution is 5.97. The highest BCUT2D eigenvalue weighted by Gasteiger charge is 2.21. The number of H-pyrrole nitrogens is 2. The van der Waals surface area contributed by atoms with E-state index in [1.54, 1.807) is 24.5 Å². The molecule has 0 spiro atoms. The molecule has 5 heterocycles. The first-order valence-electron chi connectivity index (χ1n) is 9.57. The van der Waals surface area contributed by atoms with Gasteiger partial charge in [-0.25, -0.2) is 23.7 Å². The Labute approximate surface area is 178 Å². The first kappa shape index (κ1) is 18.2. The second kappa shape index (κ2) is 6.98. The van der Waals surface area contributed by atoms with Crippen molar-refractivity contribution in [2.24, 2.45) is 0 Å². The van der Waals surface area contributed by atoms with Gasteiger partial charge >= 0.3 is 0 Å². The van der Waals surface area contributed by atoms with Crippen molar-refractivity contribution in [1.82, 2.24) is 40.1 Å². The lowest BCUT2D eigenvalue weighted by Crippen LogP contribution is -1.93. The molecule has 0 atom stereocenters. The molecule has 0 aliphatic rings. The average Bonchev–Trinajstić information content (AvgIpc) is 3.45. The summed E-state index contributed by atoms with van der Waals surface area (Å²) in [5.41, 5.74) is 4.03. The van der Waals surface area contributed by atoms with Gasteiger partial charge in [0.15, 0.2) is 11.6 Å². The summed E-state index contributed by atoms with van der Waals surface area (Å²) < 4.78 is 28.9. The molecule has 0 unspecified atom stereocenters. The Morgan fingerprint density at radius 2 is 1.56 bits per heavy atom. The van der Waals surface area contributed by atoms with Crippen LogP contribution in [-0.2, 0) is 0 Å². The van der Waals surface area contributed by atoms with Crippen LogP contribution in [0.2, 0.25) is 0 Å². The molecule has 1 aromatic carbocycles. The molecule has 0 fully saturated rings. The minimum absolute atomic E-state index is 0.116. The fraction of sp³-hybridized carbons (Fsp3) is 0. The molecule has 0 aliphatic heterocycles. The number of rotatable bonds is 3. The van der Waals surface area contributed by atoms with Crippen molar-refractivity contribution in [2.45, 2.75) is 0 Å². The van der Waals surface area contributed by atoms with Crippen LogP contribution in [0.5, 0.6) is 0 Å². The quantitative estimate of drug-likeness (QED) is 0.437. The lowest BCUT2D eigenvalue weighted by molar-refractivity contribution is 0.628. The number of nitrogens with one attached hydrogen (secondary N) is 2. The molecule has 0 saturated carbocycles. The van der Waals surface area contributed by atoms with Gasteiger partial charge in [-0.1, -0.05) is 12.1 Å². The lowest BCUT2D eigenvalue weighted by Gasteiger charge is -2.03. The SMILES string of the molecule is Fc1ccc(-c2cncc3[nH]c(-c4n[nH]c5cnc(-c6cncnc6)c(F)c45)nc23)cc1. The van der Waals surface area contributed by atoms with Crippen molar-refractivity contribution >= 4 is 21.9 Å².